The summed E-state index contributed by atoms with van der Waals surface area (Å²) in [7, 11) is 0. The van der Waals surface area contributed by atoms with E-state index in [0.717, 1.165) is 22.5 Å². The highest BCUT2D eigenvalue weighted by atomic mass is 35.5. The maximum atomic E-state index is 6.79. The summed E-state index contributed by atoms with van der Waals surface area (Å²) in [5, 5.41) is 6.16. The summed E-state index contributed by atoms with van der Waals surface area (Å²) in [6.45, 7) is 0.651. The average molecular weight is 379 g/mol. The van der Waals surface area contributed by atoms with Crippen LogP contribution in [0.2, 0.25) is 10.0 Å². The molecular formula is C22H16Cl2N2. The molecule has 0 aliphatic carbocycles. The van der Waals surface area contributed by atoms with Crippen LogP contribution < -0.4 is 0 Å². The van der Waals surface area contributed by atoms with E-state index in [2.05, 4.69) is 24.3 Å². The summed E-state index contributed by atoms with van der Waals surface area (Å²) in [5.41, 5.74) is 4.84. The minimum absolute atomic E-state index is 0.648. The minimum atomic E-state index is 0.648. The Kier molecular flexibility index (Phi) is 4.79. The lowest BCUT2D eigenvalue weighted by Crippen LogP contribution is -2.04. The summed E-state index contributed by atoms with van der Waals surface area (Å²) < 4.78 is 1.97. The molecular weight excluding hydrogens is 363 g/mol. The molecule has 0 aliphatic heterocycles. The summed E-state index contributed by atoms with van der Waals surface area (Å²) in [5.74, 6) is 0. The summed E-state index contributed by atoms with van der Waals surface area (Å²) >= 11 is 12.8. The predicted octanol–water partition coefficient (Wildman–Crippen LogP) is 6.57. The smallest absolute Gasteiger partial charge is 0.112 e. The Balaban J connectivity index is 1.86. The van der Waals surface area contributed by atoms with Gasteiger partial charge in [-0.05, 0) is 17.7 Å². The van der Waals surface area contributed by atoms with Crippen molar-refractivity contribution in [2.24, 2.45) is 0 Å². The number of halogens is 2. The van der Waals surface area contributed by atoms with Gasteiger partial charge in [-0.3, -0.25) is 4.68 Å². The van der Waals surface area contributed by atoms with Gasteiger partial charge in [0.1, 0.15) is 5.69 Å². The van der Waals surface area contributed by atoms with E-state index in [4.69, 9.17) is 28.3 Å². The highest BCUT2D eigenvalue weighted by Crippen LogP contribution is 2.37. The van der Waals surface area contributed by atoms with Crippen molar-refractivity contribution in [3.05, 3.63) is 101 Å². The average Bonchev–Trinajstić information content (AvgIpc) is 3.00. The van der Waals surface area contributed by atoms with Gasteiger partial charge in [0.2, 0.25) is 0 Å². The second-order valence-corrected chi connectivity index (χ2v) is 6.84. The number of nitrogens with zero attached hydrogens (tertiary/aromatic N) is 2. The molecule has 3 aromatic carbocycles. The first-order valence-electron chi connectivity index (χ1n) is 8.34. The molecule has 0 unspecified atom stereocenters. The fourth-order valence-corrected chi connectivity index (χ4v) is 3.45. The van der Waals surface area contributed by atoms with Gasteiger partial charge in [0.05, 0.1) is 17.3 Å². The number of aromatic nitrogens is 2. The first kappa shape index (κ1) is 16.9. The third-order valence-corrected chi connectivity index (χ3v) is 4.84. The topological polar surface area (TPSA) is 17.8 Å². The first-order valence-corrected chi connectivity index (χ1v) is 9.09. The standard InChI is InChI=1S/C22H16Cl2N2/c23-19-13-11-17(12-14-19)21-20(24)22(18-9-5-2-6-10-18)26(25-21)15-16-7-3-1-4-8-16/h1-14H,15H2. The lowest BCUT2D eigenvalue weighted by molar-refractivity contribution is 0.697. The largest absolute Gasteiger partial charge is 0.258 e. The normalized spacial score (nSPS) is 10.8. The monoisotopic (exact) mass is 378 g/mol. The number of hydrogen-bond acceptors (Lipinski definition) is 1. The highest BCUT2D eigenvalue weighted by molar-refractivity contribution is 6.35. The molecule has 128 valence electrons. The number of rotatable bonds is 4. The van der Waals surface area contributed by atoms with Crippen LogP contribution in [0.15, 0.2) is 84.9 Å². The van der Waals surface area contributed by atoms with Crippen molar-refractivity contribution >= 4 is 23.2 Å². The van der Waals surface area contributed by atoms with Crippen LogP contribution in [0.4, 0.5) is 0 Å². The van der Waals surface area contributed by atoms with Gasteiger partial charge in [-0.1, -0.05) is 96.0 Å². The summed E-state index contributed by atoms with van der Waals surface area (Å²) in [4.78, 5) is 0. The van der Waals surface area contributed by atoms with Crippen molar-refractivity contribution in [1.29, 1.82) is 0 Å². The molecule has 1 heterocycles. The van der Waals surface area contributed by atoms with Crippen LogP contribution in [0.25, 0.3) is 22.5 Å². The molecule has 0 fully saturated rings. The van der Waals surface area contributed by atoms with Gasteiger partial charge < -0.3 is 0 Å². The van der Waals surface area contributed by atoms with E-state index in [1.807, 2.05) is 65.3 Å². The van der Waals surface area contributed by atoms with Gasteiger partial charge in [-0.2, -0.15) is 5.10 Å². The quantitative estimate of drug-likeness (QED) is 0.392. The van der Waals surface area contributed by atoms with Crippen molar-refractivity contribution in [1.82, 2.24) is 9.78 Å². The molecule has 0 saturated heterocycles. The summed E-state index contributed by atoms with van der Waals surface area (Å²) in [6.07, 6.45) is 0. The molecule has 1 aromatic heterocycles. The zero-order valence-electron chi connectivity index (χ0n) is 13.9. The lowest BCUT2D eigenvalue weighted by atomic mass is 10.1. The molecule has 4 heteroatoms. The molecule has 26 heavy (non-hydrogen) atoms. The Morgan fingerprint density at radius 1 is 0.692 bits per heavy atom. The second kappa shape index (κ2) is 7.36. The third-order valence-electron chi connectivity index (χ3n) is 4.23. The Labute approximate surface area is 162 Å². The van der Waals surface area contributed by atoms with Gasteiger partial charge >= 0.3 is 0 Å². The Morgan fingerprint density at radius 2 is 1.31 bits per heavy atom. The first-order chi connectivity index (χ1) is 12.7. The molecule has 0 N–H and O–H groups in total. The molecule has 0 spiro atoms. The highest BCUT2D eigenvalue weighted by Gasteiger charge is 2.19. The molecule has 0 bridgehead atoms. The summed E-state index contributed by atoms with van der Waals surface area (Å²) in [6, 6.07) is 28.0. The zero-order valence-corrected chi connectivity index (χ0v) is 15.5. The number of hydrogen-bond donors (Lipinski definition) is 0. The third kappa shape index (κ3) is 3.39. The molecule has 0 atom stereocenters. The van der Waals surface area contributed by atoms with E-state index < -0.39 is 0 Å². The van der Waals surface area contributed by atoms with Crippen LogP contribution in [0.1, 0.15) is 5.56 Å². The van der Waals surface area contributed by atoms with Crippen LogP contribution in [-0.4, -0.2) is 9.78 Å². The molecule has 0 amide bonds. The maximum Gasteiger partial charge on any atom is 0.112 e. The van der Waals surface area contributed by atoms with Crippen LogP contribution in [-0.2, 0) is 6.54 Å². The molecule has 0 saturated carbocycles. The Bertz CT molecular complexity index is 1010. The van der Waals surface area contributed by atoms with Crippen molar-refractivity contribution < 1.29 is 0 Å². The van der Waals surface area contributed by atoms with E-state index in [-0.39, 0.29) is 0 Å². The van der Waals surface area contributed by atoms with Crippen LogP contribution >= 0.6 is 23.2 Å². The van der Waals surface area contributed by atoms with Gasteiger partial charge in [-0.15, -0.1) is 0 Å². The van der Waals surface area contributed by atoms with E-state index >= 15 is 0 Å². The van der Waals surface area contributed by atoms with Crippen LogP contribution in [0, 0.1) is 0 Å². The SMILES string of the molecule is Clc1ccc(-c2nn(Cc3ccccc3)c(-c3ccccc3)c2Cl)cc1. The Hall–Kier alpha value is -2.55. The van der Waals surface area contributed by atoms with Crippen molar-refractivity contribution in [3.63, 3.8) is 0 Å². The second-order valence-electron chi connectivity index (χ2n) is 6.03. The van der Waals surface area contributed by atoms with E-state index in [0.29, 0.717) is 16.6 Å². The fourth-order valence-electron chi connectivity index (χ4n) is 2.97. The van der Waals surface area contributed by atoms with Crippen LogP contribution in [0.3, 0.4) is 0 Å². The Morgan fingerprint density at radius 3 is 1.96 bits per heavy atom. The van der Waals surface area contributed by atoms with E-state index in [1.54, 1.807) is 0 Å². The molecule has 4 rings (SSSR count). The molecule has 4 aromatic rings. The van der Waals surface area contributed by atoms with E-state index in [9.17, 15) is 0 Å². The van der Waals surface area contributed by atoms with Gasteiger partial charge in [-0.25, -0.2) is 0 Å². The fraction of sp³-hybridized carbons (Fsp3) is 0.0455. The predicted molar refractivity (Wildman–Crippen MR) is 109 cm³/mol. The van der Waals surface area contributed by atoms with Gasteiger partial charge in [0.15, 0.2) is 0 Å². The molecule has 0 radical (unpaired) electrons. The van der Waals surface area contributed by atoms with E-state index in [1.165, 1.54) is 5.56 Å². The molecule has 2 nitrogen and oxygen atoms in total. The van der Waals surface area contributed by atoms with Gasteiger partial charge in [0.25, 0.3) is 0 Å². The zero-order chi connectivity index (χ0) is 17.9. The van der Waals surface area contributed by atoms with Gasteiger partial charge in [0, 0.05) is 16.1 Å². The lowest BCUT2D eigenvalue weighted by Gasteiger charge is -2.08. The maximum absolute atomic E-state index is 6.79. The van der Waals surface area contributed by atoms with Crippen molar-refractivity contribution in [3.8, 4) is 22.5 Å². The minimum Gasteiger partial charge on any atom is -0.258 e. The van der Waals surface area contributed by atoms with Crippen molar-refractivity contribution in [2.45, 2.75) is 6.54 Å². The number of benzene rings is 3. The van der Waals surface area contributed by atoms with Crippen molar-refractivity contribution in [2.75, 3.05) is 0 Å². The van der Waals surface area contributed by atoms with Crippen LogP contribution in [0.5, 0.6) is 0 Å². The molecule has 0 aliphatic rings.